The van der Waals surface area contributed by atoms with Crippen LogP contribution < -0.4 is 5.32 Å². The van der Waals surface area contributed by atoms with Gasteiger partial charge in [-0.2, -0.15) is 16.9 Å². The molecule has 84 valence electrons. The number of nitrogens with one attached hydrogen (secondary N) is 2. The van der Waals surface area contributed by atoms with Crippen molar-refractivity contribution in [3.05, 3.63) is 12.2 Å². The summed E-state index contributed by atoms with van der Waals surface area (Å²) in [7, 11) is 0. The summed E-state index contributed by atoms with van der Waals surface area (Å²) < 4.78 is 0. The van der Waals surface area contributed by atoms with Gasteiger partial charge in [0.25, 0.3) is 0 Å². The first kappa shape index (κ1) is 11.0. The van der Waals surface area contributed by atoms with E-state index in [-0.39, 0.29) is 0 Å². The van der Waals surface area contributed by atoms with E-state index in [1.807, 2.05) is 0 Å². The van der Waals surface area contributed by atoms with Gasteiger partial charge in [-0.15, -0.1) is 0 Å². The largest absolute Gasteiger partial charge is 0.313 e. The molecule has 2 unspecified atom stereocenters. The summed E-state index contributed by atoms with van der Waals surface area (Å²) >= 11 is 2.07. The smallest absolute Gasteiger partial charge is 0.137 e. The molecule has 0 aliphatic carbocycles. The van der Waals surface area contributed by atoms with Gasteiger partial charge >= 0.3 is 0 Å². The molecule has 5 heteroatoms. The maximum absolute atomic E-state index is 4.10. The lowest BCUT2D eigenvalue weighted by molar-refractivity contribution is 0.526. The molecule has 1 aliphatic rings. The van der Waals surface area contributed by atoms with Gasteiger partial charge in [0.05, 0.1) is 0 Å². The number of rotatable bonds is 5. The molecule has 0 saturated carbocycles. The molecule has 1 aromatic rings. The van der Waals surface area contributed by atoms with E-state index in [9.17, 15) is 0 Å². The minimum Gasteiger partial charge on any atom is -0.313 e. The standard InChI is InChI=1S/C10H18N4S/c1-8-5-9(6-15-8)11-4-2-3-10-12-7-13-14-10/h7-9,11H,2-6H2,1H3,(H,12,13,14). The SMILES string of the molecule is CC1CC(NCCCc2ncn[nH]2)CS1. The van der Waals surface area contributed by atoms with Gasteiger partial charge in [0.2, 0.25) is 0 Å². The Morgan fingerprint density at radius 2 is 2.60 bits per heavy atom. The van der Waals surface area contributed by atoms with Crippen molar-refractivity contribution in [3.8, 4) is 0 Å². The molecule has 0 spiro atoms. The maximum Gasteiger partial charge on any atom is 0.137 e. The molecule has 1 aliphatic heterocycles. The molecular weight excluding hydrogens is 208 g/mol. The molecular formula is C10H18N4S. The fourth-order valence-corrected chi connectivity index (χ4v) is 3.06. The number of aromatic nitrogens is 3. The lowest BCUT2D eigenvalue weighted by Crippen LogP contribution is -2.30. The van der Waals surface area contributed by atoms with Crippen molar-refractivity contribution < 1.29 is 0 Å². The third-order valence-electron chi connectivity index (χ3n) is 2.69. The third-order valence-corrected chi connectivity index (χ3v) is 4.04. The van der Waals surface area contributed by atoms with E-state index >= 15 is 0 Å². The Balaban J connectivity index is 1.55. The van der Waals surface area contributed by atoms with Crippen LogP contribution in [0, 0.1) is 0 Å². The lowest BCUT2D eigenvalue weighted by atomic mass is 10.2. The molecule has 2 rings (SSSR count). The number of thioether (sulfide) groups is 1. The fourth-order valence-electron chi connectivity index (χ4n) is 1.87. The Labute approximate surface area is 94.6 Å². The summed E-state index contributed by atoms with van der Waals surface area (Å²) in [6, 6.07) is 0.722. The average molecular weight is 226 g/mol. The average Bonchev–Trinajstić information content (AvgIpc) is 2.84. The van der Waals surface area contributed by atoms with Gasteiger partial charge in [-0.3, -0.25) is 5.10 Å². The number of hydrogen-bond donors (Lipinski definition) is 2. The van der Waals surface area contributed by atoms with Gasteiger partial charge < -0.3 is 5.32 Å². The number of hydrogen-bond acceptors (Lipinski definition) is 4. The van der Waals surface area contributed by atoms with Crippen molar-refractivity contribution in [2.24, 2.45) is 0 Å². The van der Waals surface area contributed by atoms with Gasteiger partial charge in [0.15, 0.2) is 0 Å². The van der Waals surface area contributed by atoms with Crippen LogP contribution in [-0.2, 0) is 6.42 Å². The topological polar surface area (TPSA) is 53.6 Å². The molecule has 15 heavy (non-hydrogen) atoms. The summed E-state index contributed by atoms with van der Waals surface area (Å²) in [5.74, 6) is 2.26. The van der Waals surface area contributed by atoms with E-state index in [1.165, 1.54) is 12.2 Å². The first-order chi connectivity index (χ1) is 7.34. The molecule has 0 bridgehead atoms. The highest BCUT2D eigenvalue weighted by atomic mass is 32.2. The van der Waals surface area contributed by atoms with Crippen LogP contribution in [0.3, 0.4) is 0 Å². The molecule has 0 radical (unpaired) electrons. The van der Waals surface area contributed by atoms with Crippen LogP contribution in [0.4, 0.5) is 0 Å². The van der Waals surface area contributed by atoms with Crippen molar-refractivity contribution in [2.45, 2.75) is 37.5 Å². The van der Waals surface area contributed by atoms with Crippen molar-refractivity contribution in [1.29, 1.82) is 0 Å². The van der Waals surface area contributed by atoms with E-state index in [1.54, 1.807) is 6.33 Å². The Kier molecular flexibility index (Phi) is 4.02. The zero-order valence-electron chi connectivity index (χ0n) is 9.07. The molecule has 2 atom stereocenters. The van der Waals surface area contributed by atoms with E-state index in [0.29, 0.717) is 0 Å². The number of nitrogens with zero attached hydrogens (tertiary/aromatic N) is 2. The first-order valence-corrected chi connectivity index (χ1v) is 6.58. The highest BCUT2D eigenvalue weighted by Crippen LogP contribution is 2.25. The predicted molar refractivity (Wildman–Crippen MR) is 63.0 cm³/mol. The second-order valence-corrected chi connectivity index (χ2v) is 5.54. The number of aromatic amines is 1. The minimum absolute atomic E-state index is 0.722. The van der Waals surface area contributed by atoms with Crippen LogP contribution in [0.1, 0.15) is 25.6 Å². The van der Waals surface area contributed by atoms with Crippen molar-refractivity contribution in [1.82, 2.24) is 20.5 Å². The Hall–Kier alpha value is -0.550. The second-order valence-electron chi connectivity index (χ2n) is 4.07. The molecule has 2 heterocycles. The molecule has 1 fully saturated rings. The molecule has 0 amide bonds. The van der Waals surface area contributed by atoms with Gasteiger partial charge in [-0.25, -0.2) is 4.98 Å². The molecule has 1 aromatic heterocycles. The Morgan fingerprint density at radius 3 is 3.27 bits per heavy atom. The summed E-state index contributed by atoms with van der Waals surface area (Å²) in [4.78, 5) is 4.10. The molecule has 2 N–H and O–H groups in total. The summed E-state index contributed by atoms with van der Waals surface area (Å²) in [6.45, 7) is 3.39. The maximum atomic E-state index is 4.10. The summed E-state index contributed by atoms with van der Waals surface area (Å²) in [5.41, 5.74) is 0. The van der Waals surface area contributed by atoms with E-state index in [2.05, 4.69) is 39.2 Å². The second kappa shape index (κ2) is 5.51. The number of aryl methyl sites for hydroxylation is 1. The quantitative estimate of drug-likeness (QED) is 0.741. The van der Waals surface area contributed by atoms with Crippen LogP contribution in [0.2, 0.25) is 0 Å². The van der Waals surface area contributed by atoms with Gasteiger partial charge in [-0.1, -0.05) is 6.92 Å². The summed E-state index contributed by atoms with van der Waals surface area (Å²) in [5, 5.41) is 11.1. The zero-order chi connectivity index (χ0) is 10.5. The normalized spacial score (nSPS) is 25.9. The highest BCUT2D eigenvalue weighted by Gasteiger charge is 2.20. The molecule has 4 nitrogen and oxygen atoms in total. The Bertz CT molecular complexity index is 275. The van der Waals surface area contributed by atoms with E-state index < -0.39 is 0 Å². The molecule has 0 aromatic carbocycles. The fraction of sp³-hybridized carbons (Fsp3) is 0.800. The van der Waals surface area contributed by atoms with Crippen molar-refractivity contribution >= 4 is 11.8 Å². The van der Waals surface area contributed by atoms with Gasteiger partial charge in [0.1, 0.15) is 12.2 Å². The van der Waals surface area contributed by atoms with Crippen LogP contribution >= 0.6 is 11.8 Å². The van der Waals surface area contributed by atoms with Crippen LogP contribution in [-0.4, -0.2) is 38.8 Å². The van der Waals surface area contributed by atoms with Gasteiger partial charge in [0, 0.05) is 23.5 Å². The Morgan fingerprint density at radius 1 is 1.67 bits per heavy atom. The van der Waals surface area contributed by atoms with Crippen LogP contribution in [0.15, 0.2) is 6.33 Å². The van der Waals surface area contributed by atoms with E-state index in [4.69, 9.17) is 0 Å². The monoisotopic (exact) mass is 226 g/mol. The third kappa shape index (κ3) is 3.50. The first-order valence-electron chi connectivity index (χ1n) is 5.54. The molecule has 1 saturated heterocycles. The highest BCUT2D eigenvalue weighted by molar-refractivity contribution is 8.00. The van der Waals surface area contributed by atoms with Crippen molar-refractivity contribution in [2.75, 3.05) is 12.3 Å². The van der Waals surface area contributed by atoms with Crippen molar-refractivity contribution in [3.63, 3.8) is 0 Å². The zero-order valence-corrected chi connectivity index (χ0v) is 9.89. The lowest BCUT2D eigenvalue weighted by Gasteiger charge is -2.10. The van der Waals surface area contributed by atoms with E-state index in [0.717, 1.165) is 36.5 Å². The minimum atomic E-state index is 0.722. The van der Waals surface area contributed by atoms with Gasteiger partial charge in [-0.05, 0) is 19.4 Å². The summed E-state index contributed by atoms with van der Waals surface area (Å²) in [6.07, 6.45) is 5.00. The van der Waals surface area contributed by atoms with Crippen LogP contribution in [0.25, 0.3) is 0 Å². The predicted octanol–water partition coefficient (Wildman–Crippen LogP) is 1.22. The van der Waals surface area contributed by atoms with Crippen LogP contribution in [0.5, 0.6) is 0 Å². The number of H-pyrrole nitrogens is 1.